The first kappa shape index (κ1) is 57.7. The number of ether oxygens (including phenoxy) is 2. The molecule has 1 aromatic carbocycles. The van der Waals surface area contributed by atoms with Crippen molar-refractivity contribution in [2.75, 3.05) is 47.7 Å². The lowest BCUT2D eigenvalue weighted by Gasteiger charge is -2.41. The number of hydrogen-bond acceptors (Lipinski definition) is 11. The zero-order valence-corrected chi connectivity index (χ0v) is 43.7. The van der Waals surface area contributed by atoms with Gasteiger partial charge in [-0.3, -0.25) is 38.5 Å². The van der Waals surface area contributed by atoms with E-state index in [2.05, 4.69) is 0 Å². The number of likely N-dealkylation sites (N-methyl/N-ethyl adjacent to an activating group) is 2. The van der Waals surface area contributed by atoms with Crippen molar-refractivity contribution >= 4 is 52.9 Å². The summed E-state index contributed by atoms with van der Waals surface area (Å²) in [5.41, 5.74) is 0.755. The van der Waals surface area contributed by atoms with Crippen LogP contribution in [-0.4, -0.2) is 149 Å². The van der Waals surface area contributed by atoms with E-state index in [0.717, 1.165) is 12.0 Å². The van der Waals surface area contributed by atoms with Crippen LogP contribution in [0.1, 0.15) is 138 Å². The summed E-state index contributed by atoms with van der Waals surface area (Å²) in [6, 6.07) is 7.71. The third kappa shape index (κ3) is 15.2. The van der Waals surface area contributed by atoms with Gasteiger partial charge in [0.25, 0.3) is 0 Å². The second-order valence-corrected chi connectivity index (χ2v) is 21.0. The Morgan fingerprint density at radius 3 is 2.04 bits per heavy atom. The highest BCUT2D eigenvalue weighted by Crippen LogP contribution is 2.33. The van der Waals surface area contributed by atoms with Crippen molar-refractivity contribution in [1.29, 1.82) is 0 Å². The Morgan fingerprint density at radius 1 is 0.836 bits per heavy atom. The monoisotopic (exact) mass is 957 g/mol. The van der Waals surface area contributed by atoms with Crippen molar-refractivity contribution in [3.8, 4) is 0 Å². The predicted octanol–water partition coefficient (Wildman–Crippen LogP) is 7.00. The quantitative estimate of drug-likeness (QED) is 0.0648. The van der Waals surface area contributed by atoms with Crippen LogP contribution in [0.3, 0.4) is 0 Å². The second kappa shape index (κ2) is 27.5. The molecule has 0 aromatic heterocycles. The van der Waals surface area contributed by atoms with Crippen LogP contribution in [0.4, 0.5) is 0 Å². The number of aliphatic hydroxyl groups excluding tert-OH is 1. The number of carbonyl (C=O) groups excluding carboxylic acids is 7. The van der Waals surface area contributed by atoms with E-state index in [9.17, 15) is 38.7 Å². The van der Waals surface area contributed by atoms with E-state index in [-0.39, 0.29) is 108 Å². The Labute approximate surface area is 406 Å². The number of benzene rings is 1. The number of likely N-dealkylation sites (tertiary alicyclic amines) is 2. The Kier molecular flexibility index (Phi) is 23.7. The molecule has 2 unspecified atom stereocenters. The summed E-state index contributed by atoms with van der Waals surface area (Å²) in [4.78, 5) is 102. The van der Waals surface area contributed by atoms with Crippen molar-refractivity contribution in [3.05, 3.63) is 35.9 Å². The SMILES string of the molecule is CC[C@H](C)[C@@H]([C@@H](CC(=O)N1CCC[C@H]1[C@H](OC)[C@@H](C)C(=O)C[C@H](C)[C@@H](O)c1ccccc1)OC)N(C)C(=O)C(CC(=O)[C@H](C(C)C)N(C)C(=O)CCCCCN1C(=O)CC(SC)C1=O)C(C)C. The average molecular weight is 957 g/mol. The van der Waals surface area contributed by atoms with Crippen LogP contribution < -0.4 is 0 Å². The minimum atomic E-state index is -0.792. The summed E-state index contributed by atoms with van der Waals surface area (Å²) >= 11 is 1.38. The normalized spacial score (nSPS) is 20.6. The summed E-state index contributed by atoms with van der Waals surface area (Å²) < 4.78 is 12.1. The molecule has 0 radical (unpaired) electrons. The summed E-state index contributed by atoms with van der Waals surface area (Å²) in [6.07, 6.45) is 4.26. The predicted molar refractivity (Wildman–Crippen MR) is 263 cm³/mol. The molecule has 0 spiro atoms. The number of carbonyl (C=O) groups is 7. The van der Waals surface area contributed by atoms with Crippen molar-refractivity contribution in [2.45, 2.75) is 168 Å². The summed E-state index contributed by atoms with van der Waals surface area (Å²) in [5.74, 6) is -3.11. The number of aliphatic hydroxyl groups is 1. The molecule has 0 aliphatic carbocycles. The van der Waals surface area contributed by atoms with Crippen LogP contribution in [0.25, 0.3) is 0 Å². The van der Waals surface area contributed by atoms with E-state index in [0.29, 0.717) is 45.2 Å². The maximum atomic E-state index is 14.7. The number of Topliss-reactive ketones (excluding diaryl/α,β-unsaturated/α-hetero) is 2. The molecule has 15 heteroatoms. The maximum absolute atomic E-state index is 14.7. The lowest BCUT2D eigenvalue weighted by atomic mass is 9.83. The molecule has 14 nitrogen and oxygen atoms in total. The molecule has 3 rings (SSSR count). The van der Waals surface area contributed by atoms with Gasteiger partial charge in [0.15, 0.2) is 5.78 Å². The Bertz CT molecular complexity index is 1800. The molecule has 67 heavy (non-hydrogen) atoms. The molecular formula is C52H84N4O10S. The Morgan fingerprint density at radius 2 is 1.49 bits per heavy atom. The largest absolute Gasteiger partial charge is 0.388 e. The smallest absolute Gasteiger partial charge is 0.242 e. The molecule has 2 heterocycles. The van der Waals surface area contributed by atoms with E-state index in [4.69, 9.17) is 9.47 Å². The number of rotatable bonds is 29. The molecular weight excluding hydrogens is 873 g/mol. The summed E-state index contributed by atoms with van der Waals surface area (Å²) in [5, 5.41) is 10.6. The number of methoxy groups -OCH3 is 2. The topological polar surface area (TPSA) is 171 Å². The average Bonchev–Trinajstić information content (AvgIpc) is 3.90. The number of hydrogen-bond donors (Lipinski definition) is 1. The van der Waals surface area contributed by atoms with Crippen LogP contribution in [0, 0.1) is 35.5 Å². The van der Waals surface area contributed by atoms with Crippen molar-refractivity contribution in [3.63, 3.8) is 0 Å². The van der Waals surface area contributed by atoms with E-state index in [1.54, 1.807) is 38.1 Å². The van der Waals surface area contributed by atoms with Gasteiger partial charge in [-0.15, -0.1) is 0 Å². The van der Waals surface area contributed by atoms with Gasteiger partial charge in [-0.2, -0.15) is 11.8 Å². The Balaban J connectivity index is 1.69. The summed E-state index contributed by atoms with van der Waals surface area (Å²) in [7, 11) is 6.49. The fourth-order valence-corrected chi connectivity index (χ4v) is 10.9. The van der Waals surface area contributed by atoms with Crippen molar-refractivity contribution in [2.24, 2.45) is 35.5 Å². The van der Waals surface area contributed by atoms with Gasteiger partial charge in [-0.1, -0.05) is 98.6 Å². The van der Waals surface area contributed by atoms with Crippen LogP contribution >= 0.6 is 11.8 Å². The molecule has 0 saturated carbocycles. The highest BCUT2D eigenvalue weighted by atomic mass is 32.2. The lowest BCUT2D eigenvalue weighted by Crippen LogP contribution is -2.54. The zero-order chi connectivity index (χ0) is 50.3. The first-order chi connectivity index (χ1) is 31.7. The molecule has 11 atom stereocenters. The molecule has 2 saturated heterocycles. The second-order valence-electron chi connectivity index (χ2n) is 19.9. The fourth-order valence-electron chi connectivity index (χ4n) is 10.3. The van der Waals surface area contributed by atoms with E-state index < -0.39 is 42.2 Å². The van der Waals surface area contributed by atoms with E-state index in [1.165, 1.54) is 21.6 Å². The van der Waals surface area contributed by atoms with Gasteiger partial charge < -0.3 is 29.3 Å². The third-order valence-corrected chi connectivity index (χ3v) is 15.6. The van der Waals surface area contributed by atoms with Gasteiger partial charge in [0.2, 0.25) is 29.5 Å². The highest BCUT2D eigenvalue weighted by molar-refractivity contribution is 8.00. The van der Waals surface area contributed by atoms with Gasteiger partial charge >= 0.3 is 0 Å². The Hall–Kier alpha value is -3.66. The number of ketones is 2. The molecule has 1 aromatic rings. The van der Waals surface area contributed by atoms with Crippen LogP contribution in [0.15, 0.2) is 30.3 Å². The first-order valence-corrected chi connectivity index (χ1v) is 26.0. The minimum absolute atomic E-state index is 0.000711. The molecule has 5 amide bonds. The highest BCUT2D eigenvalue weighted by Gasteiger charge is 2.44. The molecule has 2 aliphatic rings. The number of thioether (sulfide) groups is 1. The van der Waals surface area contributed by atoms with Crippen LogP contribution in [0.5, 0.6) is 0 Å². The van der Waals surface area contributed by atoms with E-state index in [1.807, 2.05) is 92.0 Å². The van der Waals surface area contributed by atoms with Gasteiger partial charge in [-0.05, 0) is 61.2 Å². The third-order valence-electron chi connectivity index (χ3n) is 14.6. The fraction of sp³-hybridized carbons (Fsp3) is 0.750. The molecule has 378 valence electrons. The number of unbranched alkanes of at least 4 members (excludes halogenated alkanes) is 2. The molecule has 0 bridgehead atoms. The van der Waals surface area contributed by atoms with Crippen molar-refractivity contribution < 1.29 is 48.1 Å². The number of imide groups is 1. The standard InChI is InChI=1S/C52H84N4O10S/c1-14-34(6)48(42(65-11)30-45(60)55-27-21-24-39(55)50(66-12)36(8)40(57)28-35(7)49(62)37-22-17-15-18-23-37)54(10)51(63)38(32(2)3)29-41(58)47(33(4)5)53(9)44(59)25-19-16-20-26-56-46(61)31-43(67-13)52(56)64/h15,17-18,22-23,32-36,38-39,42-43,47-50,62H,14,16,19-21,24-31H2,1-13H3/t34-,35-,36-,38?,39-,42+,43?,47-,48-,49+,50+/m0/s1. The molecule has 2 fully saturated rings. The van der Waals surface area contributed by atoms with Crippen LogP contribution in [-0.2, 0) is 43.0 Å². The minimum Gasteiger partial charge on any atom is -0.388 e. The summed E-state index contributed by atoms with van der Waals surface area (Å²) in [6.45, 7) is 16.2. The number of amides is 5. The zero-order valence-electron chi connectivity index (χ0n) is 42.9. The molecule has 1 N–H and O–H groups in total. The first-order valence-electron chi connectivity index (χ1n) is 24.7. The van der Waals surface area contributed by atoms with Gasteiger partial charge in [0.1, 0.15) is 5.78 Å². The maximum Gasteiger partial charge on any atom is 0.242 e. The van der Waals surface area contributed by atoms with E-state index >= 15 is 0 Å². The van der Waals surface area contributed by atoms with Gasteiger partial charge in [0, 0.05) is 78.9 Å². The number of nitrogens with zero attached hydrogens (tertiary/aromatic N) is 4. The lowest BCUT2D eigenvalue weighted by molar-refractivity contribution is -0.149. The van der Waals surface area contributed by atoms with Crippen LogP contribution in [0.2, 0.25) is 0 Å². The van der Waals surface area contributed by atoms with Gasteiger partial charge in [0.05, 0.1) is 48.1 Å². The van der Waals surface area contributed by atoms with Crippen molar-refractivity contribution in [1.82, 2.24) is 19.6 Å². The van der Waals surface area contributed by atoms with Gasteiger partial charge in [-0.25, -0.2) is 0 Å². The molecule has 2 aliphatic heterocycles.